The number of methoxy groups -OCH3 is 1. The summed E-state index contributed by atoms with van der Waals surface area (Å²) in [6.07, 6.45) is 0.439. The fraction of sp³-hybridized carbons (Fsp3) is 0.520. The summed E-state index contributed by atoms with van der Waals surface area (Å²) in [5, 5.41) is 13.9. The largest absolute Gasteiger partial charge is 0.496 e. The third kappa shape index (κ3) is 7.82. The predicted octanol–water partition coefficient (Wildman–Crippen LogP) is 2.40. The van der Waals surface area contributed by atoms with Crippen molar-refractivity contribution in [2.75, 3.05) is 59.5 Å². The molecule has 1 aliphatic heterocycles. The highest BCUT2D eigenvalue weighted by molar-refractivity contribution is 5.33. The molecule has 0 amide bonds. The lowest BCUT2D eigenvalue weighted by Gasteiger charge is -2.34. The predicted molar refractivity (Wildman–Crippen MR) is 125 cm³/mol. The number of hydrogen-bond acceptors (Lipinski definition) is 6. The van der Waals surface area contributed by atoms with E-state index in [-0.39, 0.29) is 0 Å². The van der Waals surface area contributed by atoms with Crippen LogP contribution in [-0.4, -0.2) is 80.5 Å². The van der Waals surface area contributed by atoms with Gasteiger partial charge in [-0.1, -0.05) is 37.3 Å². The van der Waals surface area contributed by atoms with Crippen LogP contribution in [0.3, 0.4) is 0 Å². The van der Waals surface area contributed by atoms with Gasteiger partial charge in [0.05, 0.1) is 7.11 Å². The molecule has 1 saturated heterocycles. The van der Waals surface area contributed by atoms with Gasteiger partial charge in [0, 0.05) is 39.3 Å². The van der Waals surface area contributed by atoms with Gasteiger partial charge in [-0.05, 0) is 48.8 Å². The molecule has 0 aromatic heterocycles. The summed E-state index contributed by atoms with van der Waals surface area (Å²) in [5.74, 6) is 1.74. The maximum Gasteiger partial charge on any atom is 0.122 e. The topological polar surface area (TPSA) is 57.2 Å². The minimum absolute atomic E-state index is 0.318. The first-order valence-corrected chi connectivity index (χ1v) is 11.3. The van der Waals surface area contributed by atoms with Gasteiger partial charge in [-0.25, -0.2) is 0 Å². The van der Waals surface area contributed by atoms with Crippen LogP contribution in [-0.2, 0) is 13.0 Å². The SMILES string of the molecule is CCN1CCN(C[C@@H](O)COc2cccc(CNCCc3ccccc3OC)c2)CC1. The Bertz CT molecular complexity index is 778. The first-order chi connectivity index (χ1) is 15.2. The number of nitrogens with one attached hydrogen (secondary N) is 1. The van der Waals surface area contributed by atoms with Crippen molar-refractivity contribution in [3.8, 4) is 11.5 Å². The van der Waals surface area contributed by atoms with Crippen molar-refractivity contribution in [2.24, 2.45) is 0 Å². The normalized spacial score (nSPS) is 16.2. The van der Waals surface area contributed by atoms with Crippen LogP contribution in [0.4, 0.5) is 0 Å². The number of β-amino-alcohol motifs (C(OH)–C–C–N with tert-alkyl or cyclic N) is 1. The second-order valence-electron chi connectivity index (χ2n) is 8.09. The standard InChI is InChI=1S/C25H37N3O3/c1-3-27-13-15-28(16-14-27)19-23(29)20-31-24-9-6-7-21(17-24)18-26-12-11-22-8-4-5-10-25(22)30-2/h4-10,17,23,26,29H,3,11-16,18-20H2,1-2H3/t23-/m1/s1. The first kappa shape index (κ1) is 23.5. The molecule has 0 saturated carbocycles. The highest BCUT2D eigenvalue weighted by Gasteiger charge is 2.18. The van der Waals surface area contributed by atoms with Gasteiger partial charge < -0.3 is 24.8 Å². The lowest BCUT2D eigenvalue weighted by molar-refractivity contribution is 0.0471. The molecule has 1 aliphatic rings. The maximum absolute atomic E-state index is 10.4. The molecule has 1 atom stereocenters. The number of aliphatic hydroxyl groups excluding tert-OH is 1. The van der Waals surface area contributed by atoms with Crippen LogP contribution in [0.1, 0.15) is 18.1 Å². The molecule has 2 N–H and O–H groups in total. The molecule has 1 fully saturated rings. The van der Waals surface area contributed by atoms with Gasteiger partial charge in [0.15, 0.2) is 0 Å². The van der Waals surface area contributed by atoms with E-state index in [1.807, 2.05) is 36.4 Å². The average molecular weight is 428 g/mol. The number of aliphatic hydroxyl groups is 1. The van der Waals surface area contributed by atoms with Gasteiger partial charge in [0.1, 0.15) is 24.2 Å². The Kier molecular flexibility index (Phi) is 9.62. The lowest BCUT2D eigenvalue weighted by Crippen LogP contribution is -2.49. The molecule has 0 radical (unpaired) electrons. The zero-order valence-corrected chi connectivity index (χ0v) is 18.9. The number of benzene rings is 2. The molecule has 2 aromatic carbocycles. The number of nitrogens with zero attached hydrogens (tertiary/aromatic N) is 2. The molecule has 2 aromatic rings. The summed E-state index contributed by atoms with van der Waals surface area (Å²) in [4.78, 5) is 4.76. The summed E-state index contributed by atoms with van der Waals surface area (Å²) < 4.78 is 11.3. The highest BCUT2D eigenvalue weighted by Crippen LogP contribution is 2.17. The van der Waals surface area contributed by atoms with Gasteiger partial charge in [-0.3, -0.25) is 4.90 Å². The van der Waals surface area contributed by atoms with E-state index in [0.717, 1.165) is 63.7 Å². The van der Waals surface area contributed by atoms with Crippen LogP contribution >= 0.6 is 0 Å². The zero-order chi connectivity index (χ0) is 21.9. The fourth-order valence-electron chi connectivity index (χ4n) is 3.94. The van der Waals surface area contributed by atoms with E-state index >= 15 is 0 Å². The molecule has 0 bridgehead atoms. The molecule has 0 unspecified atom stereocenters. The fourth-order valence-corrected chi connectivity index (χ4v) is 3.94. The van der Waals surface area contributed by atoms with E-state index < -0.39 is 6.10 Å². The molecule has 6 heteroatoms. The van der Waals surface area contributed by atoms with E-state index in [9.17, 15) is 5.11 Å². The number of ether oxygens (including phenoxy) is 2. The zero-order valence-electron chi connectivity index (χ0n) is 18.9. The summed E-state index contributed by atoms with van der Waals surface area (Å²) >= 11 is 0. The molecular formula is C25H37N3O3. The van der Waals surface area contributed by atoms with E-state index in [4.69, 9.17) is 9.47 Å². The van der Waals surface area contributed by atoms with Crippen molar-refractivity contribution < 1.29 is 14.6 Å². The van der Waals surface area contributed by atoms with Crippen molar-refractivity contribution in [3.63, 3.8) is 0 Å². The van der Waals surface area contributed by atoms with E-state index in [1.165, 1.54) is 11.1 Å². The number of para-hydroxylation sites is 1. The first-order valence-electron chi connectivity index (χ1n) is 11.3. The number of piperazine rings is 1. The van der Waals surface area contributed by atoms with Gasteiger partial charge in [-0.2, -0.15) is 0 Å². The Morgan fingerprint density at radius 3 is 2.58 bits per heavy atom. The molecule has 31 heavy (non-hydrogen) atoms. The number of hydrogen-bond donors (Lipinski definition) is 2. The van der Waals surface area contributed by atoms with Crippen molar-refractivity contribution in [3.05, 3.63) is 59.7 Å². The van der Waals surface area contributed by atoms with Gasteiger partial charge in [0.25, 0.3) is 0 Å². The number of likely N-dealkylation sites (N-methyl/N-ethyl adjacent to an activating group) is 1. The molecule has 170 valence electrons. The second kappa shape index (κ2) is 12.7. The summed E-state index contributed by atoms with van der Waals surface area (Å²) in [6, 6.07) is 16.2. The van der Waals surface area contributed by atoms with Crippen LogP contribution in [0.5, 0.6) is 11.5 Å². The number of rotatable bonds is 12. The van der Waals surface area contributed by atoms with Crippen molar-refractivity contribution in [1.82, 2.24) is 15.1 Å². The highest BCUT2D eigenvalue weighted by atomic mass is 16.5. The molecule has 0 spiro atoms. The monoisotopic (exact) mass is 427 g/mol. The maximum atomic E-state index is 10.4. The Balaban J connectivity index is 1.36. The quantitative estimate of drug-likeness (QED) is 0.508. The molecule has 0 aliphatic carbocycles. The Morgan fingerprint density at radius 2 is 1.81 bits per heavy atom. The Hall–Kier alpha value is -2.12. The third-order valence-electron chi connectivity index (χ3n) is 5.81. The minimum Gasteiger partial charge on any atom is -0.496 e. The second-order valence-corrected chi connectivity index (χ2v) is 8.09. The molecule has 6 nitrogen and oxygen atoms in total. The Morgan fingerprint density at radius 1 is 1.03 bits per heavy atom. The molecule has 1 heterocycles. The van der Waals surface area contributed by atoms with Crippen LogP contribution in [0.15, 0.2) is 48.5 Å². The third-order valence-corrected chi connectivity index (χ3v) is 5.81. The van der Waals surface area contributed by atoms with Crippen LogP contribution < -0.4 is 14.8 Å². The van der Waals surface area contributed by atoms with E-state index in [0.29, 0.717) is 13.2 Å². The van der Waals surface area contributed by atoms with Crippen molar-refractivity contribution in [2.45, 2.75) is 26.0 Å². The van der Waals surface area contributed by atoms with Gasteiger partial charge in [-0.15, -0.1) is 0 Å². The van der Waals surface area contributed by atoms with E-state index in [2.05, 4.69) is 34.2 Å². The average Bonchev–Trinajstić information content (AvgIpc) is 2.81. The van der Waals surface area contributed by atoms with Gasteiger partial charge >= 0.3 is 0 Å². The molecule has 3 rings (SSSR count). The minimum atomic E-state index is -0.476. The van der Waals surface area contributed by atoms with Crippen molar-refractivity contribution >= 4 is 0 Å². The molecular weight excluding hydrogens is 390 g/mol. The summed E-state index contributed by atoms with van der Waals surface area (Å²) in [6.45, 7) is 10.1. The summed E-state index contributed by atoms with van der Waals surface area (Å²) in [7, 11) is 1.71. The van der Waals surface area contributed by atoms with Crippen LogP contribution in [0.2, 0.25) is 0 Å². The van der Waals surface area contributed by atoms with Crippen LogP contribution in [0, 0.1) is 0 Å². The summed E-state index contributed by atoms with van der Waals surface area (Å²) in [5.41, 5.74) is 2.38. The van der Waals surface area contributed by atoms with Gasteiger partial charge in [0.2, 0.25) is 0 Å². The Labute approximate surface area is 186 Å². The smallest absolute Gasteiger partial charge is 0.122 e. The van der Waals surface area contributed by atoms with E-state index in [1.54, 1.807) is 7.11 Å². The van der Waals surface area contributed by atoms with Crippen molar-refractivity contribution in [1.29, 1.82) is 0 Å². The van der Waals surface area contributed by atoms with Crippen LogP contribution in [0.25, 0.3) is 0 Å². The lowest BCUT2D eigenvalue weighted by atomic mass is 10.1.